The quantitative estimate of drug-likeness (QED) is 0.386. The number of hydrogen-bond acceptors (Lipinski definition) is 3. The van der Waals surface area contributed by atoms with E-state index in [1.807, 2.05) is 0 Å². The molecule has 0 spiro atoms. The second-order valence-corrected chi connectivity index (χ2v) is 0.346. The molecule has 0 unspecified atom stereocenters. The Morgan fingerprint density at radius 2 is 1.00 bits per heavy atom. The molecule has 0 atom stereocenters. The summed E-state index contributed by atoms with van der Waals surface area (Å²) in [6.45, 7) is 0. The van der Waals surface area contributed by atoms with E-state index in [9.17, 15) is 0 Å². The zero-order valence-electron chi connectivity index (χ0n) is 2.63. The van der Waals surface area contributed by atoms with Crippen LogP contribution in [0.2, 0.25) is 0 Å². The van der Waals surface area contributed by atoms with Crippen LogP contribution in [0.25, 0.3) is 0 Å². The van der Waals surface area contributed by atoms with Crippen molar-refractivity contribution in [3.63, 3.8) is 0 Å². The van der Waals surface area contributed by atoms with Crippen molar-refractivity contribution in [2.45, 2.75) is 0 Å². The maximum atomic E-state index is 7.17. The van der Waals surface area contributed by atoms with Crippen LogP contribution in [0.1, 0.15) is 0 Å². The van der Waals surface area contributed by atoms with Gasteiger partial charge in [0, 0.05) is 0 Å². The molecular weight excluding hydrogens is 323 g/mol. The molecule has 0 amide bonds. The molecule has 0 saturated carbocycles. The zero-order chi connectivity index (χ0) is 3.58. The van der Waals surface area contributed by atoms with Gasteiger partial charge in [0.1, 0.15) is 0 Å². The van der Waals surface area contributed by atoms with Gasteiger partial charge < -0.3 is 15.1 Å². The fourth-order valence-electron chi connectivity index (χ4n) is 0. The van der Waals surface area contributed by atoms with E-state index in [-0.39, 0.29) is 54.5 Å². The molecule has 0 rings (SSSR count). The molecule has 0 aromatic heterocycles. The van der Waals surface area contributed by atoms with E-state index in [1.165, 1.54) is 0 Å². The predicted molar refractivity (Wildman–Crippen MR) is 43.6 cm³/mol. The van der Waals surface area contributed by atoms with Crippen molar-refractivity contribution in [3.05, 3.63) is 0 Å². The first-order chi connectivity index (χ1) is 1.73. The summed E-state index contributed by atoms with van der Waals surface area (Å²) in [7, 11) is -2.17. The molecule has 7 heavy (non-hydrogen) atoms. The Morgan fingerprint density at radius 3 is 1.00 bits per heavy atom. The van der Waals surface area contributed by atoms with Gasteiger partial charge in [-0.1, -0.05) is 0 Å². The van der Waals surface area contributed by atoms with Crippen LogP contribution in [-0.4, -0.2) is 76.9 Å². The monoisotopic (exact) mass is 336 g/mol. The molecule has 0 aliphatic heterocycles. The van der Waals surface area contributed by atoms with E-state index in [4.69, 9.17) is 15.1 Å². The van der Waals surface area contributed by atoms with Crippen molar-refractivity contribution in [2.75, 3.05) is 0 Å². The van der Waals surface area contributed by atoms with Gasteiger partial charge in [0.2, 0.25) is 0 Å². The topological polar surface area (TPSA) is 60.7 Å². The van der Waals surface area contributed by atoms with Gasteiger partial charge in [0.15, 0.2) is 17.4 Å². The first-order valence-corrected chi connectivity index (χ1v) is 0.775. The molecule has 0 aliphatic rings. The van der Waals surface area contributed by atoms with Crippen molar-refractivity contribution in [1.82, 2.24) is 0 Å². The van der Waals surface area contributed by atoms with Gasteiger partial charge in [-0.3, -0.25) is 0 Å². The Hall–Kier alpha value is 1.58. The predicted octanol–water partition coefficient (Wildman–Crippen LogP) is -5.87. The van der Waals surface area contributed by atoms with Crippen LogP contribution in [-0.2, 0) is 0 Å². The van der Waals surface area contributed by atoms with E-state index in [0.29, 0.717) is 0 Å². The SMILES string of the molecule is OB(O)O.[AlH3].[BiH3].[SiH4]. The molecule has 7 heteroatoms. The molecular formula is H13AlBBiO3Si. The van der Waals surface area contributed by atoms with Crippen LogP contribution in [0.15, 0.2) is 0 Å². The minimum Gasteiger partial charge on any atom is -0.0149 e. The Labute approximate surface area is 76.6 Å². The van der Waals surface area contributed by atoms with Gasteiger partial charge in [0.25, 0.3) is 0 Å². The number of hydrogen-bond donors (Lipinski definition) is 3. The normalized spacial score (nSPS) is 3.86. The molecule has 3 nitrogen and oxygen atoms in total. The first-order valence-electron chi connectivity index (χ1n) is 0.775. The Morgan fingerprint density at radius 1 is 1.00 bits per heavy atom. The van der Waals surface area contributed by atoms with Crippen molar-refractivity contribution in [2.24, 2.45) is 0 Å². The standard InChI is InChI=1S/Al.BH3O3.Bi.H4Si.6H/c;2-1(3)4;;;;;;;;/h;2-4H;;1H4;;;;;;. The smallest absolute Gasteiger partial charge is 0.0149 e. The summed E-state index contributed by atoms with van der Waals surface area (Å²) in [6.07, 6.45) is 0. The molecule has 0 heterocycles. The van der Waals surface area contributed by atoms with Crippen molar-refractivity contribution in [1.29, 1.82) is 0 Å². The average Bonchev–Trinajstić information content (AvgIpc) is 0.811. The van der Waals surface area contributed by atoms with Gasteiger partial charge in [0.05, 0.1) is 0 Å². The van der Waals surface area contributed by atoms with Crippen LogP contribution in [0.5, 0.6) is 0 Å². The molecule has 0 saturated heterocycles. The summed E-state index contributed by atoms with van der Waals surface area (Å²) in [5.74, 6) is 0. The van der Waals surface area contributed by atoms with Gasteiger partial charge >= 0.3 is 33.5 Å². The van der Waals surface area contributed by atoms with E-state index in [0.717, 1.165) is 0 Å². The largest absolute Gasteiger partial charge is 0.0149 e. The molecule has 0 fully saturated rings. The van der Waals surface area contributed by atoms with Crippen LogP contribution in [0, 0.1) is 0 Å². The van der Waals surface area contributed by atoms with E-state index in [2.05, 4.69) is 0 Å². The summed E-state index contributed by atoms with van der Waals surface area (Å²) in [6, 6.07) is 0. The van der Waals surface area contributed by atoms with E-state index < -0.39 is 7.32 Å². The maximum absolute atomic E-state index is 7.17. The zero-order valence-corrected chi connectivity index (χ0v) is 8.12. The second kappa shape index (κ2) is 15.6. The third-order valence-electron chi connectivity index (χ3n) is 0. The van der Waals surface area contributed by atoms with Crippen molar-refractivity contribution in [3.8, 4) is 0 Å². The van der Waals surface area contributed by atoms with E-state index in [1.54, 1.807) is 0 Å². The molecule has 0 bridgehead atoms. The minimum atomic E-state index is -2.17. The maximum Gasteiger partial charge on any atom is -0.0149 e. The van der Waals surface area contributed by atoms with E-state index >= 15 is 0 Å². The van der Waals surface area contributed by atoms with Crippen LogP contribution in [0.4, 0.5) is 0 Å². The molecule has 0 aliphatic carbocycles. The third kappa shape index (κ3) is 94.7. The Kier molecular flexibility index (Phi) is 52.5. The van der Waals surface area contributed by atoms with Crippen LogP contribution >= 0.6 is 0 Å². The summed E-state index contributed by atoms with van der Waals surface area (Å²) in [5, 5.41) is 21.5. The first kappa shape index (κ1) is 23.5. The molecule has 3 N–H and O–H groups in total. The molecule has 0 radical (unpaired) electrons. The minimum absolute atomic E-state index is 0. The fourth-order valence-corrected chi connectivity index (χ4v) is 0. The third-order valence-corrected chi connectivity index (χ3v) is 0. The summed E-state index contributed by atoms with van der Waals surface area (Å²) < 4.78 is 0. The fraction of sp³-hybridized carbons (Fsp3) is 0. The van der Waals surface area contributed by atoms with Crippen molar-refractivity contribution >= 4 is 61.9 Å². The Bertz CT molecular complexity index is 19.7. The van der Waals surface area contributed by atoms with Gasteiger partial charge in [-0.15, -0.1) is 0 Å². The summed E-state index contributed by atoms with van der Waals surface area (Å²) in [5.41, 5.74) is 0. The molecule has 0 aromatic rings. The van der Waals surface area contributed by atoms with Crippen LogP contribution in [0.3, 0.4) is 0 Å². The molecule has 46 valence electrons. The van der Waals surface area contributed by atoms with Gasteiger partial charge in [-0.25, -0.2) is 0 Å². The second-order valence-electron chi connectivity index (χ2n) is 0.346. The van der Waals surface area contributed by atoms with Gasteiger partial charge in [-0.05, 0) is 11.0 Å². The average molecular weight is 336 g/mol. The van der Waals surface area contributed by atoms with Crippen LogP contribution < -0.4 is 0 Å². The summed E-state index contributed by atoms with van der Waals surface area (Å²) >= 11 is 0. The Balaban J connectivity index is -0.0000000150. The molecule has 0 aromatic carbocycles. The van der Waals surface area contributed by atoms with Gasteiger partial charge in [-0.2, -0.15) is 0 Å². The summed E-state index contributed by atoms with van der Waals surface area (Å²) in [4.78, 5) is 0. The number of rotatable bonds is 0. The van der Waals surface area contributed by atoms with Crippen molar-refractivity contribution < 1.29 is 15.1 Å².